The van der Waals surface area contributed by atoms with Crippen molar-refractivity contribution in [2.75, 3.05) is 10.6 Å². The second kappa shape index (κ2) is 6.97. The molecule has 3 nitrogen and oxygen atoms in total. The van der Waals surface area contributed by atoms with E-state index in [-0.39, 0.29) is 11.8 Å². The number of hydrogen-bond donors (Lipinski definition) is 2. The molecule has 21 heavy (non-hydrogen) atoms. The highest BCUT2D eigenvalue weighted by atomic mass is 16.1. The van der Waals surface area contributed by atoms with Crippen LogP contribution < -0.4 is 10.6 Å². The van der Waals surface area contributed by atoms with Crippen molar-refractivity contribution in [1.82, 2.24) is 0 Å². The van der Waals surface area contributed by atoms with Gasteiger partial charge >= 0.3 is 0 Å². The number of carbonyl (C=O) groups excluding carboxylic acids is 1. The molecular weight excluding hydrogens is 260 g/mol. The summed E-state index contributed by atoms with van der Waals surface area (Å²) in [6.07, 6.45) is 11.3. The Hall–Kier alpha value is -1.51. The number of hydrogen-bond acceptors (Lipinski definition) is 2. The van der Waals surface area contributed by atoms with Crippen LogP contribution in [0.3, 0.4) is 0 Å². The van der Waals surface area contributed by atoms with E-state index >= 15 is 0 Å². The van der Waals surface area contributed by atoms with E-state index in [9.17, 15) is 4.79 Å². The first-order valence-electron chi connectivity index (χ1n) is 8.49. The molecule has 0 unspecified atom stereocenters. The van der Waals surface area contributed by atoms with Crippen molar-refractivity contribution in [1.29, 1.82) is 0 Å². The highest BCUT2D eigenvalue weighted by Gasteiger charge is 2.25. The van der Waals surface area contributed by atoms with Gasteiger partial charge in [-0.3, -0.25) is 4.79 Å². The average molecular weight is 286 g/mol. The van der Waals surface area contributed by atoms with Crippen molar-refractivity contribution in [2.24, 2.45) is 5.92 Å². The topological polar surface area (TPSA) is 41.1 Å². The van der Waals surface area contributed by atoms with Crippen molar-refractivity contribution in [3.8, 4) is 0 Å². The summed E-state index contributed by atoms with van der Waals surface area (Å²) in [5, 5.41) is 6.65. The van der Waals surface area contributed by atoms with Crippen LogP contribution in [0.25, 0.3) is 0 Å². The predicted molar refractivity (Wildman–Crippen MR) is 87.5 cm³/mol. The molecule has 0 aromatic heterocycles. The SMILES string of the molecule is O=C(Nc1ccc(NC2CCCCCC2)cc1)C1CCC1. The molecule has 1 aromatic rings. The van der Waals surface area contributed by atoms with Gasteiger partial charge in [0.05, 0.1) is 0 Å². The van der Waals surface area contributed by atoms with Crippen LogP contribution in [0.1, 0.15) is 57.8 Å². The first kappa shape index (κ1) is 14.4. The van der Waals surface area contributed by atoms with Crippen molar-refractivity contribution >= 4 is 17.3 Å². The minimum absolute atomic E-state index is 0.186. The van der Waals surface area contributed by atoms with Crippen LogP contribution in [0.15, 0.2) is 24.3 Å². The first-order valence-corrected chi connectivity index (χ1v) is 8.49. The molecule has 0 bridgehead atoms. The first-order chi connectivity index (χ1) is 10.3. The molecule has 1 aromatic carbocycles. The van der Waals surface area contributed by atoms with Crippen LogP contribution >= 0.6 is 0 Å². The lowest BCUT2D eigenvalue weighted by atomic mass is 9.85. The lowest BCUT2D eigenvalue weighted by Gasteiger charge is -2.24. The Morgan fingerprint density at radius 1 is 0.810 bits per heavy atom. The Kier molecular flexibility index (Phi) is 4.79. The Balaban J connectivity index is 1.52. The third-order valence-electron chi connectivity index (χ3n) is 4.85. The molecule has 2 aliphatic rings. The van der Waals surface area contributed by atoms with E-state index in [4.69, 9.17) is 0 Å². The Morgan fingerprint density at radius 2 is 1.43 bits per heavy atom. The number of amides is 1. The van der Waals surface area contributed by atoms with E-state index in [1.54, 1.807) is 0 Å². The van der Waals surface area contributed by atoms with Gasteiger partial charge in [-0.1, -0.05) is 32.1 Å². The van der Waals surface area contributed by atoms with Gasteiger partial charge in [0.1, 0.15) is 0 Å². The van der Waals surface area contributed by atoms with Crippen molar-refractivity contribution in [2.45, 2.75) is 63.8 Å². The lowest BCUT2D eigenvalue weighted by molar-refractivity contribution is -0.122. The highest BCUT2D eigenvalue weighted by molar-refractivity contribution is 5.93. The number of benzene rings is 1. The predicted octanol–water partition coefficient (Wildman–Crippen LogP) is 4.56. The quantitative estimate of drug-likeness (QED) is 0.797. The number of rotatable bonds is 4. The van der Waals surface area contributed by atoms with Crippen LogP contribution in [0, 0.1) is 5.92 Å². The summed E-state index contributed by atoms with van der Waals surface area (Å²) < 4.78 is 0. The maximum absolute atomic E-state index is 11.9. The number of anilines is 2. The van der Waals surface area contributed by atoms with Crippen LogP contribution in [0.5, 0.6) is 0 Å². The van der Waals surface area contributed by atoms with Crippen molar-refractivity contribution in [3.05, 3.63) is 24.3 Å². The van der Waals surface area contributed by atoms with Gasteiger partial charge in [-0.15, -0.1) is 0 Å². The monoisotopic (exact) mass is 286 g/mol. The summed E-state index contributed by atoms with van der Waals surface area (Å²) in [4.78, 5) is 11.9. The van der Waals surface area contributed by atoms with E-state index < -0.39 is 0 Å². The van der Waals surface area contributed by atoms with Crippen LogP contribution in [0.4, 0.5) is 11.4 Å². The van der Waals surface area contributed by atoms with E-state index in [1.165, 1.54) is 50.6 Å². The fraction of sp³-hybridized carbons (Fsp3) is 0.611. The van der Waals surface area contributed by atoms with Crippen LogP contribution in [-0.2, 0) is 4.79 Å². The van der Waals surface area contributed by atoms with Gasteiger partial charge in [0.2, 0.25) is 5.91 Å². The molecule has 1 amide bonds. The number of nitrogens with one attached hydrogen (secondary N) is 2. The molecule has 0 heterocycles. The van der Waals surface area contributed by atoms with Crippen molar-refractivity contribution < 1.29 is 4.79 Å². The van der Waals surface area contributed by atoms with Gasteiger partial charge in [-0.25, -0.2) is 0 Å². The molecule has 0 aliphatic heterocycles. The fourth-order valence-corrected chi connectivity index (χ4v) is 3.22. The Morgan fingerprint density at radius 3 is 2.00 bits per heavy atom. The smallest absolute Gasteiger partial charge is 0.227 e. The van der Waals surface area contributed by atoms with Crippen LogP contribution in [0.2, 0.25) is 0 Å². The number of carbonyl (C=O) groups is 1. The van der Waals surface area contributed by atoms with Gasteiger partial charge in [-0.05, 0) is 49.9 Å². The molecule has 3 rings (SSSR count). The summed E-state index contributed by atoms with van der Waals surface area (Å²) in [7, 11) is 0. The van der Waals surface area contributed by atoms with E-state index in [2.05, 4.69) is 22.8 Å². The van der Waals surface area contributed by atoms with Crippen LogP contribution in [-0.4, -0.2) is 11.9 Å². The Labute approximate surface area is 127 Å². The minimum Gasteiger partial charge on any atom is -0.382 e. The zero-order valence-corrected chi connectivity index (χ0v) is 12.7. The van der Waals surface area contributed by atoms with Gasteiger partial charge in [0.15, 0.2) is 0 Å². The third-order valence-corrected chi connectivity index (χ3v) is 4.85. The van der Waals surface area contributed by atoms with E-state index in [0.717, 1.165) is 18.5 Å². The zero-order chi connectivity index (χ0) is 14.5. The van der Waals surface area contributed by atoms with E-state index in [0.29, 0.717) is 6.04 Å². The molecule has 2 fully saturated rings. The summed E-state index contributed by atoms with van der Waals surface area (Å²) in [6.45, 7) is 0. The highest BCUT2D eigenvalue weighted by Crippen LogP contribution is 2.28. The standard InChI is InChI=1S/C18H26N2O/c21-18(14-6-5-7-14)20-17-12-10-16(11-13-17)19-15-8-3-1-2-4-9-15/h10-15,19H,1-9H2,(H,20,21). The summed E-state index contributed by atoms with van der Waals surface area (Å²) in [6, 6.07) is 8.80. The average Bonchev–Trinajstić information content (AvgIpc) is 2.67. The summed E-state index contributed by atoms with van der Waals surface area (Å²) >= 11 is 0. The van der Waals surface area contributed by atoms with E-state index in [1.807, 2.05) is 12.1 Å². The maximum Gasteiger partial charge on any atom is 0.227 e. The molecule has 0 spiro atoms. The van der Waals surface area contributed by atoms with Gasteiger partial charge in [0, 0.05) is 23.3 Å². The second-order valence-corrected chi connectivity index (χ2v) is 6.53. The molecule has 3 heteroatoms. The zero-order valence-electron chi connectivity index (χ0n) is 12.7. The molecule has 2 saturated carbocycles. The fourth-order valence-electron chi connectivity index (χ4n) is 3.22. The molecular formula is C18H26N2O. The molecule has 2 aliphatic carbocycles. The summed E-state index contributed by atoms with van der Waals surface area (Å²) in [5.41, 5.74) is 2.09. The minimum atomic E-state index is 0.186. The molecule has 0 saturated heterocycles. The van der Waals surface area contributed by atoms with Crippen molar-refractivity contribution in [3.63, 3.8) is 0 Å². The lowest BCUT2D eigenvalue weighted by Crippen LogP contribution is -2.28. The molecule has 0 radical (unpaired) electrons. The molecule has 0 atom stereocenters. The maximum atomic E-state index is 11.9. The van der Waals surface area contributed by atoms with Gasteiger partial charge in [0.25, 0.3) is 0 Å². The third kappa shape index (κ3) is 3.99. The van der Waals surface area contributed by atoms with Gasteiger partial charge < -0.3 is 10.6 Å². The normalized spacial score (nSPS) is 20.4. The van der Waals surface area contributed by atoms with Gasteiger partial charge in [-0.2, -0.15) is 0 Å². The second-order valence-electron chi connectivity index (χ2n) is 6.53. The largest absolute Gasteiger partial charge is 0.382 e. The Bertz CT molecular complexity index is 457. The molecule has 114 valence electrons. The summed E-state index contributed by atoms with van der Waals surface area (Å²) in [5.74, 6) is 0.430. The molecule has 2 N–H and O–H groups in total.